The number of carbonyl (C=O) groups excluding carboxylic acids is 1. The molecule has 7 heteroatoms. The Labute approximate surface area is 210 Å². The summed E-state index contributed by atoms with van der Waals surface area (Å²) in [5.41, 5.74) is 0.957. The van der Waals surface area contributed by atoms with Crippen LogP contribution in [-0.2, 0) is 48.7 Å². The van der Waals surface area contributed by atoms with Crippen LogP contribution in [0.4, 0.5) is 0 Å². The topological polar surface area (TPSA) is 76.0 Å². The van der Waals surface area contributed by atoms with Crippen molar-refractivity contribution in [1.29, 1.82) is 0 Å². The molecular weight excluding hydrogens is 481 g/mol. The van der Waals surface area contributed by atoms with Gasteiger partial charge in [-0.1, -0.05) is 30.4 Å². The molecule has 0 spiro atoms. The van der Waals surface area contributed by atoms with Crippen LogP contribution in [0.15, 0.2) is 36.4 Å². The standard InChI is InChI=1S/C23H32ClO5.Y/c1-2-28-23(27)12-6-4-3-5-10-18-19(21(26)15-20(18)24)16-29-22-11-8-7-9-17(22)13-14-25;/h3,5,7-9,11,18-21,25-26H,1-2,4,6,10,12-16H2;/q-1;/b5-3-;/t18-,19-,20-,21-;/m1./s1. The second-order valence-electron chi connectivity index (χ2n) is 7.36. The van der Waals surface area contributed by atoms with E-state index >= 15 is 0 Å². The van der Waals surface area contributed by atoms with Crippen LogP contribution in [0.25, 0.3) is 0 Å². The van der Waals surface area contributed by atoms with Crippen LogP contribution in [-0.4, -0.2) is 47.5 Å². The van der Waals surface area contributed by atoms with Gasteiger partial charge < -0.3 is 26.6 Å². The SMILES string of the molecule is [CH2-]COC(=O)CCC/C=C\C[C@@H]1[C@@H](COc2ccccc2CCO)[C@H](O)C[C@H]1Cl.[Y]. The van der Waals surface area contributed by atoms with Crippen molar-refractivity contribution in [3.8, 4) is 5.75 Å². The molecule has 2 rings (SSSR count). The normalized spacial score (nSPS) is 23.3. The minimum Gasteiger partial charge on any atom is -0.499 e. The number of esters is 1. The number of hydrogen-bond acceptors (Lipinski definition) is 5. The Hall–Kier alpha value is -0.456. The third-order valence-corrected chi connectivity index (χ3v) is 5.85. The Kier molecular flexibility index (Phi) is 14.1. The number of rotatable bonds is 12. The van der Waals surface area contributed by atoms with Crippen LogP contribution >= 0.6 is 11.6 Å². The minimum absolute atomic E-state index is 0. The quantitative estimate of drug-likeness (QED) is 0.147. The van der Waals surface area contributed by atoms with E-state index in [1.807, 2.05) is 24.3 Å². The molecule has 0 amide bonds. The Morgan fingerprint density at radius 1 is 1.27 bits per heavy atom. The number of benzene rings is 1. The molecule has 1 radical (unpaired) electrons. The second-order valence-corrected chi connectivity index (χ2v) is 7.92. The fourth-order valence-electron chi connectivity index (χ4n) is 3.77. The number of alkyl halides is 1. The number of unbranched alkanes of at least 4 members (excludes halogenated alkanes) is 1. The van der Waals surface area contributed by atoms with Gasteiger partial charge in [0.1, 0.15) is 5.75 Å². The summed E-state index contributed by atoms with van der Waals surface area (Å²) in [6, 6.07) is 7.65. The molecule has 2 N–H and O–H groups in total. The van der Waals surface area contributed by atoms with Gasteiger partial charge in [0.15, 0.2) is 0 Å². The van der Waals surface area contributed by atoms with Crippen molar-refractivity contribution in [3.05, 3.63) is 48.9 Å². The average molecular weight is 513 g/mol. The Balaban J connectivity index is 0.00000450. The molecule has 1 fully saturated rings. The fraction of sp³-hybridized carbons (Fsp3) is 0.565. The van der Waals surface area contributed by atoms with Gasteiger partial charge in [0.2, 0.25) is 0 Å². The zero-order chi connectivity index (χ0) is 21.1. The molecule has 0 heterocycles. The molecular formula is C23H32ClO5Y-. The molecule has 0 aromatic heterocycles. The summed E-state index contributed by atoms with van der Waals surface area (Å²) in [5.74, 6) is 0.613. The third kappa shape index (κ3) is 8.96. The van der Waals surface area contributed by atoms with Crippen molar-refractivity contribution < 1.29 is 57.2 Å². The van der Waals surface area contributed by atoms with Crippen LogP contribution in [0.3, 0.4) is 0 Å². The summed E-state index contributed by atoms with van der Waals surface area (Å²) in [4.78, 5) is 11.3. The molecule has 0 saturated heterocycles. The van der Waals surface area contributed by atoms with Gasteiger partial charge in [0.05, 0.1) is 12.7 Å². The van der Waals surface area contributed by atoms with Crippen molar-refractivity contribution in [2.45, 2.75) is 50.0 Å². The molecule has 5 nitrogen and oxygen atoms in total. The van der Waals surface area contributed by atoms with Crippen molar-refractivity contribution in [2.24, 2.45) is 11.8 Å². The molecule has 1 saturated carbocycles. The first-order valence-electron chi connectivity index (χ1n) is 10.3. The van der Waals surface area contributed by atoms with Crippen molar-refractivity contribution >= 4 is 17.6 Å². The summed E-state index contributed by atoms with van der Waals surface area (Å²) in [6.07, 6.45) is 7.44. The Bertz CT molecular complexity index is 654. The predicted octanol–water partition coefficient (Wildman–Crippen LogP) is 3.70. The number of para-hydroxylation sites is 1. The van der Waals surface area contributed by atoms with Gasteiger partial charge >= 0.3 is 5.97 Å². The van der Waals surface area contributed by atoms with Crippen LogP contribution in [0.5, 0.6) is 5.75 Å². The van der Waals surface area contributed by atoms with Gasteiger partial charge in [-0.2, -0.15) is 0 Å². The Morgan fingerprint density at radius 2 is 2.03 bits per heavy atom. The summed E-state index contributed by atoms with van der Waals surface area (Å²) in [5, 5.41) is 19.6. The molecule has 0 unspecified atom stereocenters. The summed E-state index contributed by atoms with van der Waals surface area (Å²) < 4.78 is 10.8. The van der Waals surface area contributed by atoms with Crippen molar-refractivity contribution in [1.82, 2.24) is 0 Å². The molecule has 0 bridgehead atoms. The van der Waals surface area contributed by atoms with Crippen LogP contribution in [0.1, 0.15) is 37.7 Å². The first-order chi connectivity index (χ1) is 14.1. The molecule has 165 valence electrons. The largest absolute Gasteiger partial charge is 0.499 e. The molecule has 4 atom stereocenters. The number of ether oxygens (including phenoxy) is 2. The van der Waals surface area contributed by atoms with Crippen molar-refractivity contribution in [2.75, 3.05) is 19.8 Å². The van der Waals surface area contributed by atoms with Gasteiger partial charge in [-0.3, -0.25) is 4.79 Å². The third-order valence-electron chi connectivity index (χ3n) is 5.35. The van der Waals surface area contributed by atoms with E-state index in [2.05, 4.69) is 19.1 Å². The Morgan fingerprint density at radius 3 is 2.77 bits per heavy atom. The van der Waals surface area contributed by atoms with E-state index in [9.17, 15) is 15.0 Å². The van der Waals surface area contributed by atoms with Crippen LogP contribution < -0.4 is 4.74 Å². The summed E-state index contributed by atoms with van der Waals surface area (Å²) >= 11 is 6.50. The number of halogens is 1. The maximum atomic E-state index is 11.3. The van der Waals surface area contributed by atoms with Crippen LogP contribution in [0, 0.1) is 18.8 Å². The minimum atomic E-state index is -0.488. The summed E-state index contributed by atoms with van der Waals surface area (Å²) in [6.45, 7) is 4.11. The molecule has 1 aliphatic rings. The number of aliphatic hydroxyl groups is 2. The van der Waals surface area contributed by atoms with E-state index in [0.717, 1.165) is 30.6 Å². The predicted molar refractivity (Wildman–Crippen MR) is 114 cm³/mol. The monoisotopic (exact) mass is 512 g/mol. The first-order valence-corrected chi connectivity index (χ1v) is 10.7. The maximum Gasteiger partial charge on any atom is 0.303 e. The second kappa shape index (κ2) is 15.4. The smallest absolute Gasteiger partial charge is 0.303 e. The zero-order valence-electron chi connectivity index (χ0n) is 17.4. The van der Waals surface area contributed by atoms with E-state index in [0.29, 0.717) is 25.9 Å². The number of carbonyl (C=O) groups is 1. The van der Waals surface area contributed by atoms with Gasteiger partial charge in [-0.25, -0.2) is 0 Å². The number of hydrogen-bond donors (Lipinski definition) is 2. The zero-order valence-corrected chi connectivity index (χ0v) is 21.0. The van der Waals surface area contributed by atoms with Gasteiger partial charge in [0.25, 0.3) is 0 Å². The molecule has 1 aliphatic carbocycles. The number of aliphatic hydroxyl groups excluding tert-OH is 2. The van der Waals surface area contributed by atoms with E-state index in [-0.39, 0.29) is 69.1 Å². The van der Waals surface area contributed by atoms with Gasteiger partial charge in [-0.05, 0) is 56.3 Å². The first kappa shape index (κ1) is 27.6. The van der Waals surface area contributed by atoms with Gasteiger partial charge in [0, 0.05) is 57.0 Å². The van der Waals surface area contributed by atoms with Crippen molar-refractivity contribution in [3.63, 3.8) is 0 Å². The van der Waals surface area contributed by atoms with E-state index in [1.54, 1.807) is 0 Å². The fourth-order valence-corrected chi connectivity index (χ4v) is 4.24. The van der Waals surface area contributed by atoms with E-state index in [4.69, 9.17) is 21.1 Å². The molecule has 0 aliphatic heterocycles. The molecule has 30 heavy (non-hydrogen) atoms. The molecule has 1 aromatic carbocycles. The van der Waals surface area contributed by atoms with Gasteiger partial charge in [-0.15, -0.1) is 11.6 Å². The van der Waals surface area contributed by atoms with Crippen LogP contribution in [0.2, 0.25) is 0 Å². The average Bonchev–Trinajstić information content (AvgIpc) is 2.97. The maximum absolute atomic E-state index is 11.3. The van der Waals surface area contributed by atoms with E-state index < -0.39 is 6.10 Å². The summed E-state index contributed by atoms with van der Waals surface area (Å²) in [7, 11) is 0. The number of allylic oxidation sites excluding steroid dienone is 2. The van der Waals surface area contributed by atoms with E-state index in [1.165, 1.54) is 0 Å². The molecule has 1 aromatic rings.